The van der Waals surface area contributed by atoms with Crippen molar-refractivity contribution in [2.75, 3.05) is 25.5 Å². The van der Waals surface area contributed by atoms with Gasteiger partial charge < -0.3 is 9.88 Å². The van der Waals surface area contributed by atoms with E-state index in [-0.39, 0.29) is 19.5 Å². The van der Waals surface area contributed by atoms with E-state index in [1.54, 1.807) is 0 Å². The Labute approximate surface area is 186 Å². The highest BCUT2D eigenvalue weighted by atomic mass is 32.2. The van der Waals surface area contributed by atoms with Crippen LogP contribution < -0.4 is 14.8 Å². The lowest BCUT2D eigenvalue weighted by Gasteiger charge is -2.16. The largest absolute Gasteiger partial charge is 0.343 e. The summed E-state index contributed by atoms with van der Waals surface area (Å²) >= 11 is 0. The number of aromatic nitrogens is 1. The highest BCUT2D eigenvalue weighted by molar-refractivity contribution is 7.89. The molecule has 1 amide bonds. The van der Waals surface area contributed by atoms with E-state index in [4.69, 9.17) is 0 Å². The van der Waals surface area contributed by atoms with Crippen LogP contribution in [-0.4, -0.2) is 57.8 Å². The smallest absolute Gasteiger partial charge is 0.279 e. The molecule has 2 aromatic rings. The molecule has 16 heteroatoms. The number of rotatable bonds is 7. The number of nitrogens with one attached hydrogen (secondary N) is 3. The lowest BCUT2D eigenvalue weighted by atomic mass is 10.2. The minimum Gasteiger partial charge on any atom is -0.343 e. The zero-order chi connectivity index (χ0) is 24.7. The number of hydrogen-bond acceptors (Lipinski definition) is 5. The average Bonchev–Trinajstić information content (AvgIpc) is 3.30. The van der Waals surface area contributed by atoms with Crippen LogP contribution in [0.2, 0.25) is 0 Å². The summed E-state index contributed by atoms with van der Waals surface area (Å²) in [7, 11) is -5.92. The van der Waals surface area contributed by atoms with Gasteiger partial charge in [0.15, 0.2) is 23.3 Å². The van der Waals surface area contributed by atoms with Crippen LogP contribution in [0.15, 0.2) is 23.2 Å². The fraction of sp³-hybridized carbons (Fsp3) is 0.353. The van der Waals surface area contributed by atoms with Gasteiger partial charge in [-0.1, -0.05) is 0 Å². The molecule has 0 radical (unpaired) electrons. The molecule has 0 aliphatic carbocycles. The first-order valence-corrected chi connectivity index (χ1v) is 12.2. The van der Waals surface area contributed by atoms with Crippen LogP contribution in [0.25, 0.3) is 0 Å². The van der Waals surface area contributed by atoms with Gasteiger partial charge >= 0.3 is 0 Å². The summed E-state index contributed by atoms with van der Waals surface area (Å²) in [6.07, 6.45) is 0.944. The van der Waals surface area contributed by atoms with Gasteiger partial charge in [0.25, 0.3) is 16.1 Å². The van der Waals surface area contributed by atoms with Crippen molar-refractivity contribution in [2.24, 2.45) is 7.05 Å². The molecule has 0 bridgehead atoms. The first-order chi connectivity index (χ1) is 15.3. The molecule has 1 aliphatic heterocycles. The standard InChI is InChI=1S/C17H19F4N5O5S2/c1-22-33(30,31)26-4-3-9(7-26)24-32(28,29)13-8-25(2)16(15(13)21)17(27)23-10-5-11(18)14(20)12(19)6-10/h5-6,8-9,22,24H,3-4,7H2,1-2H3,(H,23,27)/t9-/m1/s1. The van der Waals surface area contributed by atoms with Crippen molar-refractivity contribution in [3.63, 3.8) is 0 Å². The first-order valence-electron chi connectivity index (χ1n) is 9.28. The maximum Gasteiger partial charge on any atom is 0.279 e. The number of benzene rings is 1. The Hall–Kier alpha value is -2.53. The Morgan fingerprint density at radius 1 is 1.06 bits per heavy atom. The number of anilines is 1. The van der Waals surface area contributed by atoms with Gasteiger partial charge in [0, 0.05) is 57.2 Å². The van der Waals surface area contributed by atoms with Gasteiger partial charge in [-0.15, -0.1) is 0 Å². The molecule has 0 unspecified atom stereocenters. The molecule has 1 aliphatic rings. The summed E-state index contributed by atoms with van der Waals surface area (Å²) in [5.41, 5.74) is -1.29. The third-order valence-corrected chi connectivity index (χ3v) is 7.94. The summed E-state index contributed by atoms with van der Waals surface area (Å²) < 4.78 is 110. The van der Waals surface area contributed by atoms with Crippen LogP contribution in [-0.2, 0) is 27.3 Å². The van der Waals surface area contributed by atoms with E-state index in [2.05, 4.69) is 9.44 Å². The topological polar surface area (TPSA) is 130 Å². The highest BCUT2D eigenvalue weighted by Crippen LogP contribution is 2.24. The van der Waals surface area contributed by atoms with Gasteiger partial charge in [0.2, 0.25) is 10.0 Å². The molecule has 1 atom stereocenters. The predicted octanol–water partition coefficient (Wildman–Crippen LogP) is 0.651. The van der Waals surface area contributed by atoms with Crippen LogP contribution >= 0.6 is 0 Å². The first kappa shape index (κ1) is 25.1. The highest BCUT2D eigenvalue weighted by Gasteiger charge is 2.35. The van der Waals surface area contributed by atoms with Crippen LogP contribution in [0.5, 0.6) is 0 Å². The van der Waals surface area contributed by atoms with E-state index in [9.17, 15) is 39.2 Å². The van der Waals surface area contributed by atoms with Crippen LogP contribution in [0.4, 0.5) is 23.2 Å². The third kappa shape index (κ3) is 5.03. The Morgan fingerprint density at radius 3 is 2.24 bits per heavy atom. The second kappa shape index (κ2) is 9.02. The lowest BCUT2D eigenvalue weighted by molar-refractivity contribution is 0.101. The van der Waals surface area contributed by atoms with E-state index >= 15 is 0 Å². The molecule has 1 saturated heterocycles. The molecule has 1 aromatic heterocycles. The zero-order valence-corrected chi connectivity index (χ0v) is 18.8. The number of carbonyl (C=O) groups excluding carboxylic acids is 1. The number of nitrogens with zero attached hydrogens (tertiary/aromatic N) is 2. The average molecular weight is 513 g/mol. The second-order valence-corrected chi connectivity index (χ2v) is 10.7. The summed E-state index contributed by atoms with van der Waals surface area (Å²) in [6, 6.07) is 0.100. The maximum absolute atomic E-state index is 14.9. The molecule has 182 valence electrons. The summed E-state index contributed by atoms with van der Waals surface area (Å²) in [6.45, 7) is -0.155. The van der Waals surface area contributed by atoms with Crippen molar-refractivity contribution in [1.82, 2.24) is 18.3 Å². The van der Waals surface area contributed by atoms with Crippen molar-refractivity contribution in [2.45, 2.75) is 17.4 Å². The summed E-state index contributed by atoms with van der Waals surface area (Å²) in [4.78, 5) is 11.5. The lowest BCUT2D eigenvalue weighted by Crippen LogP contribution is -2.41. The van der Waals surface area contributed by atoms with Crippen LogP contribution in [0.1, 0.15) is 16.9 Å². The van der Waals surface area contributed by atoms with Gasteiger partial charge in [-0.05, 0) is 6.42 Å². The van der Waals surface area contributed by atoms with Gasteiger partial charge in [-0.3, -0.25) is 4.79 Å². The molecule has 0 spiro atoms. The van der Waals surface area contributed by atoms with Gasteiger partial charge in [-0.2, -0.15) is 12.7 Å². The van der Waals surface area contributed by atoms with Gasteiger partial charge in [0.1, 0.15) is 10.6 Å². The van der Waals surface area contributed by atoms with Crippen molar-refractivity contribution in [3.8, 4) is 0 Å². The van der Waals surface area contributed by atoms with E-state index in [0.29, 0.717) is 12.1 Å². The van der Waals surface area contributed by atoms with E-state index in [1.165, 1.54) is 14.1 Å². The molecule has 10 nitrogen and oxygen atoms in total. The number of amides is 1. The van der Waals surface area contributed by atoms with E-state index in [1.807, 2.05) is 5.32 Å². The molecule has 3 rings (SSSR count). The predicted molar refractivity (Wildman–Crippen MR) is 108 cm³/mol. The molecule has 33 heavy (non-hydrogen) atoms. The van der Waals surface area contributed by atoms with E-state index < -0.39 is 71.7 Å². The second-order valence-electron chi connectivity index (χ2n) is 7.15. The third-order valence-electron chi connectivity index (χ3n) is 4.90. The molecule has 1 fully saturated rings. The number of hydrogen-bond donors (Lipinski definition) is 3. The Bertz CT molecular complexity index is 1290. The summed E-state index contributed by atoms with van der Waals surface area (Å²) in [5, 5.41) is 1.97. The van der Waals surface area contributed by atoms with E-state index in [0.717, 1.165) is 15.1 Å². The Balaban J connectivity index is 1.81. The SMILES string of the molecule is CNS(=O)(=O)N1CC[C@@H](NS(=O)(=O)c2cn(C)c(C(=O)Nc3cc(F)c(F)c(F)c3)c2F)C1. The van der Waals surface area contributed by atoms with Crippen molar-refractivity contribution < 1.29 is 39.2 Å². The monoisotopic (exact) mass is 513 g/mol. The van der Waals surface area contributed by atoms with Gasteiger partial charge in [-0.25, -0.2) is 35.4 Å². The maximum atomic E-state index is 14.9. The summed E-state index contributed by atoms with van der Waals surface area (Å²) in [5.74, 6) is -7.62. The minimum absolute atomic E-state index is 0.0338. The van der Waals surface area contributed by atoms with Crippen LogP contribution in [0, 0.1) is 23.3 Å². The number of carbonyl (C=O) groups is 1. The number of halogens is 4. The van der Waals surface area contributed by atoms with Crippen molar-refractivity contribution in [1.29, 1.82) is 0 Å². The number of sulfonamides is 1. The fourth-order valence-corrected chi connectivity index (χ4v) is 5.66. The van der Waals surface area contributed by atoms with Gasteiger partial charge in [0.05, 0.1) is 0 Å². The number of aryl methyl sites for hydroxylation is 1. The molecule has 3 N–H and O–H groups in total. The van der Waals surface area contributed by atoms with Crippen LogP contribution in [0.3, 0.4) is 0 Å². The normalized spacial score (nSPS) is 17.5. The zero-order valence-electron chi connectivity index (χ0n) is 17.2. The molecule has 2 heterocycles. The Kier molecular flexibility index (Phi) is 6.86. The molecular formula is C17H19F4N5O5S2. The Morgan fingerprint density at radius 2 is 1.67 bits per heavy atom. The quantitative estimate of drug-likeness (QED) is 0.370. The molecular weight excluding hydrogens is 494 g/mol. The minimum atomic E-state index is -4.51. The molecule has 1 aromatic carbocycles. The molecule has 0 saturated carbocycles. The van der Waals surface area contributed by atoms with Crippen molar-refractivity contribution >= 4 is 31.8 Å². The van der Waals surface area contributed by atoms with Crippen molar-refractivity contribution in [3.05, 3.63) is 47.3 Å². The fourth-order valence-electron chi connectivity index (χ4n) is 3.29.